The predicted molar refractivity (Wildman–Crippen MR) is 112 cm³/mol. The van der Waals surface area contributed by atoms with E-state index in [1.54, 1.807) is 11.0 Å². The molecule has 0 unspecified atom stereocenters. The van der Waals surface area contributed by atoms with E-state index in [1.165, 1.54) is 6.92 Å². The molecule has 4 fully saturated rings. The molecule has 1 spiro atoms. The fourth-order valence-corrected chi connectivity index (χ4v) is 6.00. The van der Waals surface area contributed by atoms with Crippen molar-refractivity contribution in [3.8, 4) is 0 Å². The summed E-state index contributed by atoms with van der Waals surface area (Å²) in [5.74, 6) is 0.298. The smallest absolute Gasteiger partial charge is 0.366 e. The van der Waals surface area contributed by atoms with Gasteiger partial charge in [0.25, 0.3) is 0 Å². The number of alkyl halides is 3. The number of aryl methyl sites for hydroxylation is 1. The largest absolute Gasteiger partial charge is 0.418 e. The third-order valence-corrected chi connectivity index (χ3v) is 7.92. The molecule has 1 N–H and O–H groups in total. The first-order valence-corrected chi connectivity index (χ1v) is 11.5. The molecule has 4 aliphatic rings. The number of amides is 3. The summed E-state index contributed by atoms with van der Waals surface area (Å²) in [6.45, 7) is 6.11. The molecule has 7 nitrogen and oxygen atoms in total. The molecular formula is C23H29F3N4O3. The SMILES string of the molecule is Cc1cc([C@H](C)C2CC3(C2)CN(C(=O)N2CC[C@@H]4OCC(=O)N[C@@H]4C2)C3)ncc1C(F)(F)F. The molecule has 0 radical (unpaired) electrons. The van der Waals surface area contributed by atoms with E-state index in [4.69, 9.17) is 4.74 Å². The van der Waals surface area contributed by atoms with Gasteiger partial charge >= 0.3 is 12.2 Å². The van der Waals surface area contributed by atoms with Gasteiger partial charge in [-0.25, -0.2) is 4.79 Å². The Morgan fingerprint density at radius 2 is 2.03 bits per heavy atom. The number of hydrogen-bond donors (Lipinski definition) is 1. The van der Waals surface area contributed by atoms with Crippen molar-refractivity contribution in [1.29, 1.82) is 0 Å². The van der Waals surface area contributed by atoms with Crippen LogP contribution in [0.25, 0.3) is 0 Å². The summed E-state index contributed by atoms with van der Waals surface area (Å²) in [4.78, 5) is 32.3. The van der Waals surface area contributed by atoms with Gasteiger partial charge in [-0.3, -0.25) is 9.78 Å². The maximum absolute atomic E-state index is 13.0. The first-order chi connectivity index (χ1) is 15.5. The third kappa shape index (κ3) is 4.06. The zero-order valence-corrected chi connectivity index (χ0v) is 18.8. The highest BCUT2D eigenvalue weighted by Crippen LogP contribution is 2.56. The highest BCUT2D eigenvalue weighted by atomic mass is 19.4. The second kappa shape index (κ2) is 7.85. The van der Waals surface area contributed by atoms with E-state index in [2.05, 4.69) is 10.3 Å². The zero-order chi connectivity index (χ0) is 23.5. The lowest BCUT2D eigenvalue weighted by molar-refractivity contribution is -0.140. The van der Waals surface area contributed by atoms with Crippen LogP contribution in [-0.4, -0.2) is 71.7 Å². The van der Waals surface area contributed by atoms with E-state index in [9.17, 15) is 22.8 Å². The van der Waals surface area contributed by atoms with E-state index in [0.717, 1.165) is 25.5 Å². The number of urea groups is 1. The Kier molecular flexibility index (Phi) is 5.34. The van der Waals surface area contributed by atoms with Crippen LogP contribution < -0.4 is 5.32 Å². The number of nitrogens with zero attached hydrogens (tertiary/aromatic N) is 3. The molecule has 1 saturated carbocycles. The van der Waals surface area contributed by atoms with Crippen LogP contribution in [0.1, 0.15) is 48.9 Å². The van der Waals surface area contributed by atoms with Crippen LogP contribution >= 0.6 is 0 Å². The minimum atomic E-state index is -4.38. The second-order valence-corrected chi connectivity index (χ2v) is 10.3. The second-order valence-electron chi connectivity index (χ2n) is 10.3. The summed E-state index contributed by atoms with van der Waals surface area (Å²) >= 11 is 0. The van der Waals surface area contributed by atoms with E-state index in [1.807, 2.05) is 11.8 Å². The Morgan fingerprint density at radius 3 is 2.70 bits per heavy atom. The predicted octanol–water partition coefficient (Wildman–Crippen LogP) is 2.93. The summed E-state index contributed by atoms with van der Waals surface area (Å²) in [6.07, 6.45) is -0.836. The molecule has 0 bridgehead atoms. The highest BCUT2D eigenvalue weighted by molar-refractivity contribution is 5.79. The van der Waals surface area contributed by atoms with Crippen molar-refractivity contribution in [3.63, 3.8) is 0 Å². The van der Waals surface area contributed by atoms with Crippen LogP contribution in [0.3, 0.4) is 0 Å². The Morgan fingerprint density at radius 1 is 1.30 bits per heavy atom. The fraction of sp³-hybridized carbons (Fsp3) is 0.696. The number of nitrogens with one attached hydrogen (secondary N) is 1. The number of rotatable bonds is 2. The monoisotopic (exact) mass is 466 g/mol. The van der Waals surface area contributed by atoms with Crippen LogP contribution in [0, 0.1) is 18.3 Å². The lowest BCUT2D eigenvalue weighted by atomic mass is 9.54. The van der Waals surface area contributed by atoms with Crippen molar-refractivity contribution in [2.75, 3.05) is 32.8 Å². The van der Waals surface area contributed by atoms with Crippen molar-refractivity contribution in [2.24, 2.45) is 11.3 Å². The Labute approximate surface area is 190 Å². The first kappa shape index (κ1) is 22.4. The van der Waals surface area contributed by atoms with Gasteiger partial charge in [-0.2, -0.15) is 13.2 Å². The molecule has 10 heteroatoms. The van der Waals surface area contributed by atoms with Gasteiger partial charge in [0.2, 0.25) is 5.91 Å². The van der Waals surface area contributed by atoms with Crippen LogP contribution in [0.4, 0.5) is 18.0 Å². The van der Waals surface area contributed by atoms with Gasteiger partial charge in [-0.15, -0.1) is 0 Å². The van der Waals surface area contributed by atoms with Crippen molar-refractivity contribution in [1.82, 2.24) is 20.1 Å². The van der Waals surface area contributed by atoms with Gasteiger partial charge in [-0.05, 0) is 43.7 Å². The Bertz CT molecular complexity index is 955. The first-order valence-electron chi connectivity index (χ1n) is 11.5. The number of aromatic nitrogens is 1. The average Bonchev–Trinajstić information content (AvgIpc) is 2.69. The van der Waals surface area contributed by atoms with Crippen LogP contribution in [-0.2, 0) is 15.7 Å². The average molecular weight is 467 g/mol. The van der Waals surface area contributed by atoms with Crippen LogP contribution in [0.15, 0.2) is 12.3 Å². The number of likely N-dealkylation sites (tertiary alicyclic amines) is 2. The number of piperidine rings is 1. The molecule has 3 aliphatic heterocycles. The number of ether oxygens (including phenoxy) is 1. The molecule has 4 heterocycles. The van der Waals surface area contributed by atoms with Gasteiger partial charge in [0, 0.05) is 49.4 Å². The number of morpholine rings is 1. The van der Waals surface area contributed by atoms with Crippen molar-refractivity contribution in [3.05, 3.63) is 29.1 Å². The van der Waals surface area contributed by atoms with E-state index >= 15 is 0 Å². The van der Waals surface area contributed by atoms with Gasteiger partial charge in [0.15, 0.2) is 0 Å². The summed E-state index contributed by atoms with van der Waals surface area (Å²) in [7, 11) is 0. The maximum atomic E-state index is 13.0. The van der Waals surface area contributed by atoms with Crippen molar-refractivity contribution >= 4 is 11.9 Å². The van der Waals surface area contributed by atoms with Gasteiger partial charge < -0.3 is 19.9 Å². The topological polar surface area (TPSA) is 74.8 Å². The van der Waals surface area contributed by atoms with Crippen LogP contribution in [0.2, 0.25) is 0 Å². The number of fused-ring (bicyclic) bond motifs is 1. The Balaban J connectivity index is 1.12. The zero-order valence-electron chi connectivity index (χ0n) is 18.8. The molecule has 3 saturated heterocycles. The molecule has 3 atom stereocenters. The standard InChI is InChI=1S/C23H29F3N4O3/c1-13-5-17(27-8-16(13)23(24,25)26)14(2)15-6-22(7-15)11-30(12-22)21(32)29-4-3-19-18(9-29)28-20(31)10-33-19/h5,8,14-15,18-19H,3-4,6-7,9-12H2,1-2H3,(H,28,31)/t14-,18-,19+/m1/s1. The normalized spacial score (nSPS) is 28.0. The Hall–Kier alpha value is -2.36. The van der Waals surface area contributed by atoms with Gasteiger partial charge in [0.05, 0.1) is 17.7 Å². The fourth-order valence-electron chi connectivity index (χ4n) is 6.00. The molecule has 5 rings (SSSR count). The maximum Gasteiger partial charge on any atom is 0.418 e. The van der Waals surface area contributed by atoms with Gasteiger partial charge in [-0.1, -0.05) is 6.92 Å². The number of pyridine rings is 1. The molecule has 33 heavy (non-hydrogen) atoms. The summed E-state index contributed by atoms with van der Waals surface area (Å²) in [5.41, 5.74) is 0.347. The molecular weight excluding hydrogens is 437 g/mol. The summed E-state index contributed by atoms with van der Waals surface area (Å²) in [6, 6.07) is 1.43. The number of halogens is 3. The number of carbonyl (C=O) groups is 2. The number of carbonyl (C=O) groups excluding carboxylic acids is 2. The van der Waals surface area contributed by atoms with E-state index < -0.39 is 11.7 Å². The van der Waals surface area contributed by atoms with E-state index in [0.29, 0.717) is 37.8 Å². The molecule has 180 valence electrons. The molecule has 3 amide bonds. The van der Waals surface area contributed by atoms with Crippen molar-refractivity contribution < 1.29 is 27.5 Å². The lowest BCUT2D eigenvalue weighted by Crippen LogP contribution is -2.68. The minimum absolute atomic E-state index is 0.00965. The lowest BCUT2D eigenvalue weighted by Gasteiger charge is -2.61. The third-order valence-electron chi connectivity index (χ3n) is 7.92. The summed E-state index contributed by atoms with van der Waals surface area (Å²) in [5, 5.41) is 2.92. The minimum Gasteiger partial charge on any atom is -0.366 e. The molecule has 1 aromatic rings. The molecule has 0 aromatic carbocycles. The summed E-state index contributed by atoms with van der Waals surface area (Å²) < 4.78 is 44.6. The highest BCUT2D eigenvalue weighted by Gasteiger charge is 2.55. The van der Waals surface area contributed by atoms with Crippen LogP contribution in [0.5, 0.6) is 0 Å². The quantitative estimate of drug-likeness (QED) is 0.728. The van der Waals surface area contributed by atoms with Crippen molar-refractivity contribution in [2.45, 2.75) is 57.3 Å². The molecule has 1 aromatic heterocycles. The van der Waals surface area contributed by atoms with Gasteiger partial charge in [0.1, 0.15) is 6.61 Å². The number of hydrogen-bond acceptors (Lipinski definition) is 4. The van der Waals surface area contributed by atoms with E-state index in [-0.39, 0.29) is 47.6 Å². The molecule has 1 aliphatic carbocycles.